The standard InChI is InChI=1S/C22H32N4O3S/c1-14(2)19-12-25(8-9-26(19)30(5,27)28)21-17(11-23)16-10-22(3,4)29-13-18(16)20(24-21)15-6-7-15/h14-15,19H,6-10,12-13H2,1-5H3/t19-/m0/s1. The highest BCUT2D eigenvalue weighted by Gasteiger charge is 2.40. The topological polar surface area (TPSA) is 86.5 Å². The van der Waals surface area contributed by atoms with E-state index >= 15 is 0 Å². The molecule has 0 unspecified atom stereocenters. The lowest BCUT2D eigenvalue weighted by Gasteiger charge is -2.43. The van der Waals surface area contributed by atoms with Gasteiger partial charge in [-0.1, -0.05) is 13.8 Å². The third kappa shape index (κ3) is 3.95. The highest BCUT2D eigenvalue weighted by Crippen LogP contribution is 2.46. The molecule has 1 saturated carbocycles. The number of hydrogen-bond donors (Lipinski definition) is 0. The van der Waals surface area contributed by atoms with E-state index in [4.69, 9.17) is 9.72 Å². The summed E-state index contributed by atoms with van der Waals surface area (Å²) >= 11 is 0. The molecule has 1 aliphatic carbocycles. The van der Waals surface area contributed by atoms with Crippen LogP contribution in [-0.2, 0) is 27.8 Å². The smallest absolute Gasteiger partial charge is 0.211 e. The van der Waals surface area contributed by atoms with Crippen LogP contribution in [0, 0.1) is 17.2 Å². The van der Waals surface area contributed by atoms with Gasteiger partial charge in [0.2, 0.25) is 10.0 Å². The van der Waals surface area contributed by atoms with Crippen molar-refractivity contribution >= 4 is 15.8 Å². The van der Waals surface area contributed by atoms with E-state index in [2.05, 4.69) is 24.8 Å². The van der Waals surface area contributed by atoms with E-state index in [9.17, 15) is 13.7 Å². The Morgan fingerprint density at radius 2 is 1.93 bits per heavy atom. The molecule has 1 aromatic rings. The number of pyridine rings is 1. The fourth-order valence-corrected chi connectivity index (χ4v) is 5.98. The number of aromatic nitrogens is 1. The van der Waals surface area contributed by atoms with Crippen molar-refractivity contribution in [2.75, 3.05) is 30.8 Å². The van der Waals surface area contributed by atoms with E-state index in [1.807, 2.05) is 13.8 Å². The first-order valence-corrected chi connectivity index (χ1v) is 12.7. The Balaban J connectivity index is 1.78. The molecule has 0 aromatic carbocycles. The summed E-state index contributed by atoms with van der Waals surface area (Å²) in [5, 5.41) is 10.1. The van der Waals surface area contributed by atoms with Gasteiger partial charge in [-0.15, -0.1) is 0 Å². The Morgan fingerprint density at radius 3 is 2.50 bits per heavy atom. The van der Waals surface area contributed by atoms with Gasteiger partial charge in [-0.05, 0) is 38.2 Å². The van der Waals surface area contributed by atoms with Crippen LogP contribution in [0.4, 0.5) is 5.82 Å². The highest BCUT2D eigenvalue weighted by molar-refractivity contribution is 7.88. The van der Waals surface area contributed by atoms with E-state index in [1.165, 1.54) is 6.26 Å². The summed E-state index contributed by atoms with van der Waals surface area (Å²) in [6.07, 6.45) is 4.23. The average molecular weight is 433 g/mol. The summed E-state index contributed by atoms with van der Waals surface area (Å²) in [7, 11) is -3.28. The lowest BCUT2D eigenvalue weighted by atomic mass is 9.87. The number of piperazine rings is 1. The summed E-state index contributed by atoms with van der Waals surface area (Å²) < 4.78 is 32.3. The minimum atomic E-state index is -3.28. The monoisotopic (exact) mass is 432 g/mol. The van der Waals surface area contributed by atoms with Crippen LogP contribution < -0.4 is 4.90 Å². The third-order valence-corrected chi connectivity index (χ3v) is 7.88. The molecule has 0 bridgehead atoms. The molecule has 4 rings (SSSR count). The molecule has 164 valence electrons. The highest BCUT2D eigenvalue weighted by atomic mass is 32.2. The molecule has 2 fully saturated rings. The number of rotatable bonds is 4. The van der Waals surface area contributed by atoms with Crippen molar-refractivity contribution in [3.63, 3.8) is 0 Å². The molecular weight excluding hydrogens is 400 g/mol. The van der Waals surface area contributed by atoms with Gasteiger partial charge < -0.3 is 9.64 Å². The molecule has 2 aliphatic heterocycles. The number of hydrogen-bond acceptors (Lipinski definition) is 6. The van der Waals surface area contributed by atoms with Crippen molar-refractivity contribution < 1.29 is 13.2 Å². The van der Waals surface area contributed by atoms with Gasteiger partial charge in [0, 0.05) is 43.6 Å². The number of fused-ring (bicyclic) bond motifs is 1. The van der Waals surface area contributed by atoms with Gasteiger partial charge in [0.1, 0.15) is 11.9 Å². The maximum Gasteiger partial charge on any atom is 0.211 e. The Labute approximate surface area is 180 Å². The summed E-state index contributed by atoms with van der Waals surface area (Å²) in [6.45, 7) is 10.2. The summed E-state index contributed by atoms with van der Waals surface area (Å²) in [5.41, 5.74) is 3.59. The van der Waals surface area contributed by atoms with Crippen molar-refractivity contribution in [3.05, 3.63) is 22.4 Å². The van der Waals surface area contributed by atoms with E-state index in [-0.39, 0.29) is 17.6 Å². The van der Waals surface area contributed by atoms with Gasteiger partial charge >= 0.3 is 0 Å². The molecular formula is C22H32N4O3S. The lowest BCUT2D eigenvalue weighted by Crippen LogP contribution is -2.57. The molecule has 1 aromatic heterocycles. The number of sulfonamides is 1. The van der Waals surface area contributed by atoms with Crippen LogP contribution in [0.5, 0.6) is 0 Å². The molecule has 30 heavy (non-hydrogen) atoms. The number of nitrogens with zero attached hydrogens (tertiary/aromatic N) is 4. The fourth-order valence-electron chi connectivity index (χ4n) is 4.76. The first-order valence-electron chi connectivity index (χ1n) is 10.8. The molecule has 1 atom stereocenters. The lowest BCUT2D eigenvalue weighted by molar-refractivity contribution is -0.0407. The maximum atomic E-state index is 12.3. The minimum Gasteiger partial charge on any atom is -0.370 e. The van der Waals surface area contributed by atoms with Crippen LogP contribution in [-0.4, -0.2) is 55.2 Å². The van der Waals surface area contributed by atoms with Gasteiger partial charge in [0.15, 0.2) is 0 Å². The van der Waals surface area contributed by atoms with E-state index in [1.54, 1.807) is 4.31 Å². The Hall–Kier alpha value is -1.69. The number of ether oxygens (including phenoxy) is 1. The molecule has 0 spiro atoms. The second kappa shape index (κ2) is 7.47. The van der Waals surface area contributed by atoms with Crippen molar-refractivity contribution in [2.24, 2.45) is 5.92 Å². The van der Waals surface area contributed by atoms with Crippen LogP contribution in [0.3, 0.4) is 0 Å². The Morgan fingerprint density at radius 1 is 1.23 bits per heavy atom. The normalized spacial score (nSPS) is 24.6. The SMILES string of the molecule is CC(C)[C@@H]1CN(c2nc(C3CC3)c3c(c2C#N)CC(C)(C)OC3)CCN1S(C)(=O)=O. The molecule has 0 N–H and O–H groups in total. The van der Waals surface area contributed by atoms with E-state index in [0.717, 1.165) is 35.5 Å². The van der Waals surface area contributed by atoms with Crippen LogP contribution in [0.1, 0.15) is 68.8 Å². The Kier molecular flexibility index (Phi) is 5.36. The second-order valence-corrected chi connectivity index (χ2v) is 11.8. The van der Waals surface area contributed by atoms with Crippen molar-refractivity contribution in [1.29, 1.82) is 5.26 Å². The Bertz CT molecular complexity index is 993. The van der Waals surface area contributed by atoms with Crippen LogP contribution in [0.25, 0.3) is 0 Å². The van der Waals surface area contributed by atoms with Crippen LogP contribution >= 0.6 is 0 Å². The van der Waals surface area contributed by atoms with Gasteiger partial charge in [0.05, 0.1) is 29.7 Å². The van der Waals surface area contributed by atoms with Gasteiger partial charge in [-0.3, -0.25) is 0 Å². The van der Waals surface area contributed by atoms with Crippen LogP contribution in [0.15, 0.2) is 0 Å². The van der Waals surface area contributed by atoms with Gasteiger partial charge in [-0.2, -0.15) is 9.57 Å². The molecule has 8 heteroatoms. The first kappa shape index (κ1) is 21.5. The third-order valence-electron chi connectivity index (χ3n) is 6.57. The fraction of sp³-hybridized carbons (Fsp3) is 0.727. The van der Waals surface area contributed by atoms with E-state index < -0.39 is 10.0 Å². The second-order valence-electron chi connectivity index (χ2n) is 9.90. The molecule has 0 radical (unpaired) electrons. The first-order chi connectivity index (χ1) is 14.0. The van der Waals surface area contributed by atoms with Crippen molar-refractivity contribution in [3.8, 4) is 6.07 Å². The zero-order valence-corrected chi connectivity index (χ0v) is 19.4. The maximum absolute atomic E-state index is 12.3. The largest absolute Gasteiger partial charge is 0.370 e. The summed E-state index contributed by atoms with van der Waals surface area (Å²) in [6, 6.07) is 2.30. The predicted octanol–water partition coefficient (Wildman–Crippen LogP) is 2.79. The van der Waals surface area contributed by atoms with E-state index in [0.29, 0.717) is 44.1 Å². The predicted molar refractivity (Wildman–Crippen MR) is 116 cm³/mol. The van der Waals surface area contributed by atoms with Gasteiger partial charge in [0.25, 0.3) is 0 Å². The number of anilines is 1. The van der Waals surface area contributed by atoms with Gasteiger partial charge in [-0.25, -0.2) is 13.4 Å². The molecule has 3 aliphatic rings. The molecule has 0 amide bonds. The minimum absolute atomic E-state index is 0.137. The van der Waals surface area contributed by atoms with Crippen molar-refractivity contribution in [1.82, 2.24) is 9.29 Å². The average Bonchev–Trinajstić information content (AvgIpc) is 3.49. The van der Waals surface area contributed by atoms with Crippen LogP contribution in [0.2, 0.25) is 0 Å². The quantitative estimate of drug-likeness (QED) is 0.727. The summed E-state index contributed by atoms with van der Waals surface area (Å²) in [5.74, 6) is 1.35. The zero-order valence-electron chi connectivity index (χ0n) is 18.6. The molecule has 7 nitrogen and oxygen atoms in total. The molecule has 3 heterocycles. The summed E-state index contributed by atoms with van der Waals surface area (Å²) in [4.78, 5) is 7.17. The van der Waals surface area contributed by atoms with Crippen molar-refractivity contribution in [2.45, 2.75) is 71.1 Å². The number of nitriles is 1. The molecule has 1 saturated heterocycles. The zero-order chi connectivity index (χ0) is 21.8.